The third kappa shape index (κ3) is 2.91. The topological polar surface area (TPSA) is 197 Å². The zero-order chi connectivity index (χ0) is 15.7. The molecule has 0 amide bonds. The zero-order valence-electron chi connectivity index (χ0n) is 10.7. The summed E-state index contributed by atoms with van der Waals surface area (Å²) in [5.74, 6) is -1.03. The normalized spacial score (nSPS) is 32.9. The van der Waals surface area contributed by atoms with Crippen LogP contribution in [-0.4, -0.2) is 67.7 Å². The van der Waals surface area contributed by atoms with Crippen molar-refractivity contribution in [3.05, 3.63) is 10.4 Å². The highest BCUT2D eigenvalue weighted by Gasteiger charge is 2.45. The highest BCUT2D eigenvalue weighted by molar-refractivity contribution is 5.46. The smallest absolute Gasteiger partial charge is 0.297 e. The number of hydrogen-bond donors (Lipinski definition) is 7. The summed E-state index contributed by atoms with van der Waals surface area (Å²) in [5, 5.41) is 38.0. The number of nitrogens with two attached hydrogens (primary N) is 2. The molecule has 5 atom stereocenters. The molecule has 1 aliphatic heterocycles. The van der Waals surface area contributed by atoms with Crippen molar-refractivity contribution in [2.45, 2.75) is 30.7 Å². The second kappa shape index (κ2) is 5.83. The SMILES string of the molecule is Nc1nc(N)c(O[C@H]2O[C@@H](CO)[C@H](O)[C@@H](O)[C@@H]2O)c(=O)[nH]1. The standard InChI is InChI=1S/C10H16N4O7/c11-7-6(8(19)14-10(12)13-7)21-9-5(18)4(17)3(16)2(1-15)20-9/h2-5,9,15-18H,1H2,(H5,11,12,13,14,19)/t2-,3-,4+,5-,9+/m0/s1. The molecule has 9 N–H and O–H groups in total. The molecular formula is C10H16N4O7. The van der Waals surface area contributed by atoms with Gasteiger partial charge in [-0.25, -0.2) is 0 Å². The van der Waals surface area contributed by atoms with Crippen LogP contribution in [0.2, 0.25) is 0 Å². The van der Waals surface area contributed by atoms with Gasteiger partial charge in [0.15, 0.2) is 5.82 Å². The highest BCUT2D eigenvalue weighted by Crippen LogP contribution is 2.24. The predicted molar refractivity (Wildman–Crippen MR) is 68.1 cm³/mol. The van der Waals surface area contributed by atoms with Crippen LogP contribution < -0.4 is 21.8 Å². The van der Waals surface area contributed by atoms with Crippen molar-refractivity contribution >= 4 is 11.8 Å². The van der Waals surface area contributed by atoms with Gasteiger partial charge in [0.05, 0.1) is 6.61 Å². The number of nitrogen functional groups attached to an aromatic ring is 2. The second-order valence-electron chi connectivity index (χ2n) is 4.48. The minimum atomic E-state index is -1.67. The lowest BCUT2D eigenvalue weighted by molar-refractivity contribution is -0.277. The van der Waals surface area contributed by atoms with Crippen LogP contribution in [-0.2, 0) is 4.74 Å². The minimum absolute atomic E-state index is 0.223. The van der Waals surface area contributed by atoms with Crippen molar-refractivity contribution in [2.24, 2.45) is 0 Å². The fourth-order valence-corrected chi connectivity index (χ4v) is 1.89. The largest absolute Gasteiger partial charge is 0.452 e. The summed E-state index contributed by atoms with van der Waals surface area (Å²) in [4.78, 5) is 17.4. The molecule has 21 heavy (non-hydrogen) atoms. The molecule has 0 aromatic carbocycles. The Hall–Kier alpha value is -1.92. The van der Waals surface area contributed by atoms with E-state index in [9.17, 15) is 20.1 Å². The number of anilines is 2. The summed E-state index contributed by atoms with van der Waals surface area (Å²) in [5.41, 5.74) is 9.95. The molecule has 1 aliphatic rings. The molecule has 0 bridgehead atoms. The van der Waals surface area contributed by atoms with Gasteiger partial charge in [0.25, 0.3) is 5.56 Å². The van der Waals surface area contributed by atoms with E-state index >= 15 is 0 Å². The maximum Gasteiger partial charge on any atom is 0.297 e. The van der Waals surface area contributed by atoms with E-state index in [4.69, 9.17) is 26.0 Å². The summed E-state index contributed by atoms with van der Waals surface area (Å²) in [6.07, 6.45) is -7.54. The van der Waals surface area contributed by atoms with Gasteiger partial charge in [-0.3, -0.25) is 9.78 Å². The van der Waals surface area contributed by atoms with E-state index in [2.05, 4.69) is 9.97 Å². The number of nitrogens with zero attached hydrogens (tertiary/aromatic N) is 1. The first-order valence-electron chi connectivity index (χ1n) is 5.97. The lowest BCUT2D eigenvalue weighted by Gasteiger charge is -2.39. The second-order valence-corrected chi connectivity index (χ2v) is 4.48. The van der Waals surface area contributed by atoms with Crippen molar-refractivity contribution in [2.75, 3.05) is 18.1 Å². The Labute approximate surface area is 117 Å². The number of ether oxygens (including phenoxy) is 2. The van der Waals surface area contributed by atoms with E-state index in [1.54, 1.807) is 0 Å². The molecule has 1 fully saturated rings. The Bertz CT molecular complexity index is 563. The molecule has 0 spiro atoms. The van der Waals surface area contributed by atoms with Crippen molar-refractivity contribution in [1.29, 1.82) is 0 Å². The summed E-state index contributed by atoms with van der Waals surface area (Å²) >= 11 is 0. The van der Waals surface area contributed by atoms with E-state index < -0.39 is 48.6 Å². The monoisotopic (exact) mass is 304 g/mol. The molecule has 11 nitrogen and oxygen atoms in total. The lowest BCUT2D eigenvalue weighted by Crippen LogP contribution is -2.60. The number of rotatable bonds is 3. The maximum absolute atomic E-state index is 11.7. The van der Waals surface area contributed by atoms with Crippen LogP contribution in [0.15, 0.2) is 4.79 Å². The van der Waals surface area contributed by atoms with Crippen molar-refractivity contribution in [1.82, 2.24) is 9.97 Å². The van der Waals surface area contributed by atoms with E-state index in [1.807, 2.05) is 0 Å². The van der Waals surface area contributed by atoms with Gasteiger partial charge < -0.3 is 41.4 Å². The summed E-state index contributed by atoms with van der Waals surface area (Å²) in [6, 6.07) is 0. The number of aliphatic hydroxyl groups is 4. The van der Waals surface area contributed by atoms with Crippen LogP contribution in [0.5, 0.6) is 5.75 Å². The van der Waals surface area contributed by atoms with Crippen LogP contribution in [0, 0.1) is 0 Å². The van der Waals surface area contributed by atoms with Gasteiger partial charge in [-0.15, -0.1) is 0 Å². The zero-order valence-corrected chi connectivity index (χ0v) is 10.7. The van der Waals surface area contributed by atoms with Gasteiger partial charge in [0.2, 0.25) is 18.0 Å². The van der Waals surface area contributed by atoms with Crippen molar-refractivity contribution < 1.29 is 29.9 Å². The fraction of sp³-hybridized carbons (Fsp3) is 0.600. The number of aromatic nitrogens is 2. The summed E-state index contributed by atoms with van der Waals surface area (Å²) in [6.45, 7) is -0.628. The predicted octanol–water partition coefficient (Wildman–Crippen LogP) is -3.89. The molecule has 0 aliphatic carbocycles. The summed E-state index contributed by atoms with van der Waals surface area (Å²) < 4.78 is 10.2. The van der Waals surface area contributed by atoms with Gasteiger partial charge in [-0.05, 0) is 0 Å². The number of aromatic amines is 1. The molecule has 1 saturated heterocycles. The Balaban J connectivity index is 2.25. The third-order valence-electron chi connectivity index (χ3n) is 3.00. The van der Waals surface area contributed by atoms with Crippen LogP contribution in [0.25, 0.3) is 0 Å². The van der Waals surface area contributed by atoms with Gasteiger partial charge in [0, 0.05) is 0 Å². The summed E-state index contributed by atoms with van der Waals surface area (Å²) in [7, 11) is 0. The van der Waals surface area contributed by atoms with Gasteiger partial charge in [-0.1, -0.05) is 0 Å². The van der Waals surface area contributed by atoms with Crippen LogP contribution in [0.4, 0.5) is 11.8 Å². The van der Waals surface area contributed by atoms with Crippen molar-refractivity contribution in [3.63, 3.8) is 0 Å². The highest BCUT2D eigenvalue weighted by atomic mass is 16.7. The maximum atomic E-state index is 11.7. The number of H-pyrrole nitrogens is 1. The molecule has 0 unspecified atom stereocenters. The third-order valence-corrected chi connectivity index (χ3v) is 3.00. The molecule has 0 radical (unpaired) electrons. The molecule has 118 valence electrons. The number of nitrogens with one attached hydrogen (secondary N) is 1. The van der Waals surface area contributed by atoms with Gasteiger partial charge in [-0.2, -0.15) is 4.98 Å². The first-order chi connectivity index (χ1) is 9.85. The molecule has 0 saturated carbocycles. The molecule has 1 aromatic heterocycles. The molecular weight excluding hydrogens is 288 g/mol. The Kier molecular flexibility index (Phi) is 4.29. The Morgan fingerprint density at radius 1 is 1.24 bits per heavy atom. The first-order valence-corrected chi connectivity index (χ1v) is 5.97. The molecule has 11 heteroatoms. The lowest BCUT2D eigenvalue weighted by atomic mass is 9.99. The number of hydrogen-bond acceptors (Lipinski definition) is 10. The van der Waals surface area contributed by atoms with Crippen molar-refractivity contribution in [3.8, 4) is 5.75 Å². The Morgan fingerprint density at radius 2 is 1.90 bits per heavy atom. The average Bonchev–Trinajstić information content (AvgIpc) is 2.42. The quantitative estimate of drug-likeness (QED) is 0.290. The average molecular weight is 304 g/mol. The fourth-order valence-electron chi connectivity index (χ4n) is 1.89. The molecule has 1 aromatic rings. The minimum Gasteiger partial charge on any atom is -0.452 e. The van der Waals surface area contributed by atoms with Gasteiger partial charge in [0.1, 0.15) is 24.4 Å². The van der Waals surface area contributed by atoms with Crippen LogP contribution >= 0.6 is 0 Å². The van der Waals surface area contributed by atoms with Gasteiger partial charge >= 0.3 is 0 Å². The van der Waals surface area contributed by atoms with E-state index in [0.717, 1.165) is 0 Å². The first kappa shape index (κ1) is 15.5. The number of aliphatic hydroxyl groups excluding tert-OH is 4. The van der Waals surface area contributed by atoms with Crippen LogP contribution in [0.3, 0.4) is 0 Å². The van der Waals surface area contributed by atoms with E-state index in [1.165, 1.54) is 0 Å². The van der Waals surface area contributed by atoms with E-state index in [-0.39, 0.29) is 11.8 Å². The van der Waals surface area contributed by atoms with Crippen LogP contribution in [0.1, 0.15) is 0 Å². The Morgan fingerprint density at radius 3 is 2.48 bits per heavy atom. The van der Waals surface area contributed by atoms with E-state index in [0.29, 0.717) is 0 Å². The molecule has 2 heterocycles. The molecule has 2 rings (SSSR count).